The van der Waals surface area contributed by atoms with Crippen molar-refractivity contribution < 1.29 is 29.0 Å². The van der Waals surface area contributed by atoms with Crippen LogP contribution in [0.5, 0.6) is 0 Å². The van der Waals surface area contributed by atoms with E-state index in [1.807, 2.05) is 6.92 Å². The number of methoxy groups -OCH3 is 1. The quantitative estimate of drug-likeness (QED) is 0.317. The van der Waals surface area contributed by atoms with Crippen LogP contribution in [0.15, 0.2) is 0 Å². The number of ether oxygens (including phenoxy) is 1. The fraction of sp³-hybridized carbons (Fsp3) is 0.789. The van der Waals surface area contributed by atoms with Crippen molar-refractivity contribution in [3.05, 3.63) is 0 Å². The average molecular weight is 434 g/mol. The molecule has 0 saturated carbocycles. The molecule has 0 aromatic carbocycles. The number of aliphatic hydroxyl groups is 1. The zero-order valence-corrected chi connectivity index (χ0v) is 19.1. The molecule has 2 atom stereocenters. The van der Waals surface area contributed by atoms with Gasteiger partial charge >= 0.3 is 5.97 Å². The lowest BCUT2D eigenvalue weighted by molar-refractivity contribution is -0.147. The lowest BCUT2D eigenvalue weighted by Crippen LogP contribution is -2.56. The van der Waals surface area contributed by atoms with Gasteiger partial charge in [0.25, 0.3) is 0 Å². The van der Waals surface area contributed by atoms with Crippen LogP contribution in [0.3, 0.4) is 0 Å². The molecule has 3 N–H and O–H groups in total. The molecule has 29 heavy (non-hydrogen) atoms. The molecule has 0 bridgehead atoms. The molecule has 10 heteroatoms. The summed E-state index contributed by atoms with van der Waals surface area (Å²) < 4.78 is 4.60. The van der Waals surface area contributed by atoms with E-state index in [1.54, 1.807) is 7.05 Å². The fourth-order valence-corrected chi connectivity index (χ4v) is 3.72. The van der Waals surface area contributed by atoms with Gasteiger partial charge in [0.2, 0.25) is 17.7 Å². The largest absolute Gasteiger partial charge is 0.469 e. The summed E-state index contributed by atoms with van der Waals surface area (Å²) >= 11 is 1.34. The number of carbonyl (C=O) groups excluding carboxylic acids is 4. The lowest BCUT2D eigenvalue weighted by atomic mass is 9.97. The van der Waals surface area contributed by atoms with E-state index in [1.165, 1.54) is 49.6 Å². The second-order valence-electron chi connectivity index (χ2n) is 7.56. The fourth-order valence-electron chi connectivity index (χ4n) is 2.66. The summed E-state index contributed by atoms with van der Waals surface area (Å²) in [5.74, 6) is -1.05. The van der Waals surface area contributed by atoms with Crippen LogP contribution in [0.25, 0.3) is 0 Å². The molecule has 0 aliphatic carbocycles. The van der Waals surface area contributed by atoms with Gasteiger partial charge in [-0.15, -0.1) is 0 Å². The molecule has 0 unspecified atom stereocenters. The van der Waals surface area contributed by atoms with E-state index in [4.69, 9.17) is 5.73 Å². The van der Waals surface area contributed by atoms with Crippen molar-refractivity contribution >= 4 is 35.5 Å². The molecule has 168 valence electrons. The maximum Gasteiger partial charge on any atom is 0.306 e. The molecule has 0 aliphatic rings. The normalized spacial score (nSPS) is 13.3. The van der Waals surface area contributed by atoms with Gasteiger partial charge in [-0.1, -0.05) is 6.92 Å². The molecular weight excluding hydrogens is 398 g/mol. The van der Waals surface area contributed by atoms with Crippen LogP contribution in [0.4, 0.5) is 0 Å². The van der Waals surface area contributed by atoms with E-state index in [0.717, 1.165) is 0 Å². The highest BCUT2D eigenvalue weighted by molar-refractivity contribution is 7.99. The molecule has 9 nitrogen and oxygen atoms in total. The molecule has 0 saturated heterocycles. The monoisotopic (exact) mass is 433 g/mol. The Labute approximate surface area is 177 Å². The van der Waals surface area contributed by atoms with Gasteiger partial charge in [-0.2, -0.15) is 11.8 Å². The summed E-state index contributed by atoms with van der Waals surface area (Å²) in [6, 6.07) is -1.84. The second kappa shape index (κ2) is 12.7. The van der Waals surface area contributed by atoms with Crippen LogP contribution in [0.1, 0.15) is 46.5 Å². The van der Waals surface area contributed by atoms with Crippen LogP contribution in [-0.2, 0) is 23.9 Å². The Bertz CT molecular complexity index is 579. The highest BCUT2D eigenvalue weighted by Gasteiger charge is 2.36. The summed E-state index contributed by atoms with van der Waals surface area (Å²) in [6.45, 7) is 4.92. The number of amides is 3. The van der Waals surface area contributed by atoms with Crippen molar-refractivity contribution in [2.75, 3.05) is 32.7 Å². The number of primary amides is 1. The number of hydrogen-bond donors (Lipinski definition) is 2. The van der Waals surface area contributed by atoms with Gasteiger partial charge < -0.3 is 25.4 Å². The minimum Gasteiger partial charge on any atom is -0.469 e. The van der Waals surface area contributed by atoms with Crippen LogP contribution in [0.2, 0.25) is 0 Å². The number of carbonyl (C=O) groups is 4. The summed E-state index contributed by atoms with van der Waals surface area (Å²) in [6.07, 6.45) is 1.09. The Hall–Kier alpha value is -1.81. The highest BCUT2D eigenvalue weighted by Crippen LogP contribution is 2.19. The molecule has 0 aromatic heterocycles. The van der Waals surface area contributed by atoms with Crippen LogP contribution in [0, 0.1) is 0 Å². The molecule has 0 aliphatic heterocycles. The summed E-state index contributed by atoms with van der Waals surface area (Å²) in [4.78, 5) is 51.3. The first-order chi connectivity index (χ1) is 13.4. The van der Waals surface area contributed by atoms with E-state index in [0.29, 0.717) is 18.6 Å². The molecular formula is C19H35N3O6S. The van der Waals surface area contributed by atoms with Crippen LogP contribution in [-0.4, -0.2) is 89.0 Å². The van der Waals surface area contributed by atoms with E-state index >= 15 is 0 Å². The summed E-state index contributed by atoms with van der Waals surface area (Å²) in [7, 11) is 4.29. The number of thioether (sulfide) groups is 1. The number of hydrogen-bond acceptors (Lipinski definition) is 7. The standard InChI is InChI=1S/C19H35N3O6S/c1-7-8-15(23)21(4)14(12-29-10-9-16(24)28-6)18(26)22(5)13(17(20)25)11-19(2,3)27/h13-14,27H,7-12H2,1-6H3,(H2,20,25)/t13-,14+/m0/s1. The van der Waals surface area contributed by atoms with Gasteiger partial charge in [-0.05, 0) is 20.3 Å². The van der Waals surface area contributed by atoms with Crippen molar-refractivity contribution in [1.29, 1.82) is 0 Å². The maximum atomic E-state index is 13.1. The van der Waals surface area contributed by atoms with Gasteiger partial charge in [0.1, 0.15) is 12.1 Å². The first kappa shape index (κ1) is 27.2. The SMILES string of the molecule is CCCC(=O)N(C)[C@H](CSCCC(=O)OC)C(=O)N(C)[C@@H](CC(C)(C)O)C(N)=O. The molecule has 0 rings (SSSR count). The van der Waals surface area contributed by atoms with Gasteiger partial charge in [0, 0.05) is 38.4 Å². The van der Waals surface area contributed by atoms with Gasteiger partial charge in [-0.3, -0.25) is 19.2 Å². The smallest absolute Gasteiger partial charge is 0.306 e. The van der Waals surface area contributed by atoms with Gasteiger partial charge in [0.05, 0.1) is 19.1 Å². The number of esters is 1. The topological polar surface area (TPSA) is 130 Å². The average Bonchev–Trinajstić information content (AvgIpc) is 2.63. The van der Waals surface area contributed by atoms with Crippen molar-refractivity contribution in [2.24, 2.45) is 5.73 Å². The van der Waals surface area contributed by atoms with Crippen LogP contribution < -0.4 is 5.73 Å². The summed E-state index contributed by atoms with van der Waals surface area (Å²) in [5.41, 5.74) is 4.25. The van der Waals surface area contributed by atoms with Crippen molar-refractivity contribution in [1.82, 2.24) is 9.80 Å². The Balaban J connectivity index is 5.43. The number of nitrogens with two attached hydrogens (primary N) is 1. The van der Waals surface area contributed by atoms with E-state index in [-0.39, 0.29) is 30.5 Å². The van der Waals surface area contributed by atoms with Crippen LogP contribution >= 0.6 is 11.8 Å². The third kappa shape index (κ3) is 9.98. The molecule has 0 spiro atoms. The second-order valence-corrected chi connectivity index (χ2v) is 8.71. The molecule has 0 aromatic rings. The first-order valence-corrected chi connectivity index (χ1v) is 10.7. The Morgan fingerprint density at radius 3 is 2.14 bits per heavy atom. The predicted molar refractivity (Wildman–Crippen MR) is 112 cm³/mol. The number of nitrogens with zero attached hydrogens (tertiary/aromatic N) is 2. The number of likely N-dealkylation sites (N-methyl/N-ethyl adjacent to an activating group) is 2. The van der Waals surface area contributed by atoms with E-state index < -0.39 is 29.5 Å². The van der Waals surface area contributed by atoms with E-state index in [9.17, 15) is 24.3 Å². The lowest BCUT2D eigenvalue weighted by Gasteiger charge is -2.35. The molecule has 0 heterocycles. The zero-order chi connectivity index (χ0) is 22.8. The van der Waals surface area contributed by atoms with Crippen molar-refractivity contribution in [3.63, 3.8) is 0 Å². The zero-order valence-electron chi connectivity index (χ0n) is 18.3. The summed E-state index contributed by atoms with van der Waals surface area (Å²) in [5, 5.41) is 10.1. The third-order valence-electron chi connectivity index (χ3n) is 4.40. The minimum atomic E-state index is -1.21. The minimum absolute atomic E-state index is 0.0284. The Morgan fingerprint density at radius 2 is 1.69 bits per heavy atom. The number of rotatable bonds is 13. The third-order valence-corrected chi connectivity index (χ3v) is 5.44. The Morgan fingerprint density at radius 1 is 1.10 bits per heavy atom. The molecule has 0 radical (unpaired) electrons. The van der Waals surface area contributed by atoms with Crippen molar-refractivity contribution in [2.45, 2.75) is 64.1 Å². The van der Waals surface area contributed by atoms with Gasteiger partial charge in [-0.25, -0.2) is 0 Å². The predicted octanol–water partition coefficient (Wildman–Crippen LogP) is 0.383. The Kier molecular flexibility index (Phi) is 11.9. The van der Waals surface area contributed by atoms with Crippen molar-refractivity contribution in [3.8, 4) is 0 Å². The maximum absolute atomic E-state index is 13.1. The highest BCUT2D eigenvalue weighted by atomic mass is 32.2. The molecule has 0 fully saturated rings. The van der Waals surface area contributed by atoms with E-state index in [2.05, 4.69) is 4.74 Å². The van der Waals surface area contributed by atoms with Gasteiger partial charge in [0.15, 0.2) is 0 Å². The molecule has 3 amide bonds. The first-order valence-electron chi connectivity index (χ1n) is 9.54.